The van der Waals surface area contributed by atoms with Gasteiger partial charge in [-0.3, -0.25) is 0 Å². The molecule has 0 aliphatic heterocycles. The van der Waals surface area contributed by atoms with E-state index in [2.05, 4.69) is 15.3 Å². The Hall–Kier alpha value is -2.22. The molecule has 0 spiro atoms. The number of hydrogen-bond donors (Lipinski definition) is 2. The molecule has 0 radical (unpaired) electrons. The number of benzene rings is 1. The van der Waals surface area contributed by atoms with Crippen LogP contribution in [0, 0.1) is 0 Å². The van der Waals surface area contributed by atoms with Gasteiger partial charge in [0.15, 0.2) is 5.82 Å². The molecular weight excluding hydrogens is 398 g/mol. The second-order valence-electron chi connectivity index (χ2n) is 6.75. The maximum Gasteiger partial charge on any atom is 0.329 e. The number of anilines is 1. The van der Waals surface area contributed by atoms with E-state index in [-0.39, 0.29) is 13.2 Å². The second kappa shape index (κ2) is 8.43. The molecule has 3 aromatic rings. The fourth-order valence-electron chi connectivity index (χ4n) is 3.41. The third kappa shape index (κ3) is 4.27. The van der Waals surface area contributed by atoms with Crippen LogP contribution in [-0.4, -0.2) is 27.7 Å². The Balaban J connectivity index is 1.65. The molecule has 4 rings (SSSR count). The van der Waals surface area contributed by atoms with Crippen LogP contribution in [-0.2, 0) is 35.5 Å². The van der Waals surface area contributed by atoms with Gasteiger partial charge in [-0.25, -0.2) is 14.8 Å². The Labute approximate surface area is 171 Å². The van der Waals surface area contributed by atoms with Crippen LogP contribution in [0.25, 0.3) is 10.2 Å². The molecule has 0 unspecified atom stereocenters. The molecular formula is C20H20ClN3O3S. The van der Waals surface area contributed by atoms with Crippen molar-refractivity contribution in [3.05, 3.63) is 51.1 Å². The molecule has 8 heteroatoms. The minimum atomic E-state index is -1.01. The number of ether oxygens (including phenoxy) is 1. The van der Waals surface area contributed by atoms with E-state index < -0.39 is 5.97 Å². The first kappa shape index (κ1) is 19.1. The Morgan fingerprint density at radius 2 is 2.00 bits per heavy atom. The highest BCUT2D eigenvalue weighted by Gasteiger charge is 2.21. The lowest BCUT2D eigenvalue weighted by molar-refractivity contribution is -0.142. The average molecular weight is 418 g/mol. The fourth-order valence-corrected chi connectivity index (χ4v) is 4.82. The molecule has 2 N–H and O–H groups in total. The van der Waals surface area contributed by atoms with Gasteiger partial charge in [-0.05, 0) is 48.9 Å². The number of hydrogen-bond acceptors (Lipinski definition) is 6. The zero-order chi connectivity index (χ0) is 19.5. The summed E-state index contributed by atoms with van der Waals surface area (Å²) >= 11 is 7.68. The van der Waals surface area contributed by atoms with Crippen LogP contribution in [0.15, 0.2) is 24.3 Å². The lowest BCUT2D eigenvalue weighted by atomic mass is 9.97. The van der Waals surface area contributed by atoms with Gasteiger partial charge in [-0.2, -0.15) is 0 Å². The Morgan fingerprint density at radius 3 is 2.79 bits per heavy atom. The summed E-state index contributed by atoms with van der Waals surface area (Å²) in [4.78, 5) is 22.3. The van der Waals surface area contributed by atoms with Crippen LogP contribution in [0.3, 0.4) is 0 Å². The molecule has 2 heterocycles. The number of halogens is 1. The number of aliphatic carboxylic acids is 1. The summed E-state index contributed by atoms with van der Waals surface area (Å²) in [6, 6.07) is 7.69. The van der Waals surface area contributed by atoms with Crippen LogP contribution in [0.1, 0.15) is 34.7 Å². The van der Waals surface area contributed by atoms with E-state index in [4.69, 9.17) is 21.4 Å². The molecule has 0 fully saturated rings. The summed E-state index contributed by atoms with van der Waals surface area (Å²) < 4.78 is 5.20. The van der Waals surface area contributed by atoms with E-state index >= 15 is 0 Å². The largest absolute Gasteiger partial charge is 0.480 e. The molecule has 0 atom stereocenters. The average Bonchev–Trinajstić information content (AvgIpc) is 3.05. The van der Waals surface area contributed by atoms with Crippen LogP contribution in [0.5, 0.6) is 0 Å². The van der Waals surface area contributed by atoms with E-state index in [1.54, 1.807) is 11.3 Å². The summed E-state index contributed by atoms with van der Waals surface area (Å²) in [6.07, 6.45) is 4.51. The highest BCUT2D eigenvalue weighted by atomic mass is 35.5. The van der Waals surface area contributed by atoms with Gasteiger partial charge < -0.3 is 15.2 Å². The first-order valence-electron chi connectivity index (χ1n) is 9.19. The van der Waals surface area contributed by atoms with Crippen molar-refractivity contribution < 1.29 is 14.6 Å². The van der Waals surface area contributed by atoms with Gasteiger partial charge in [0.2, 0.25) is 0 Å². The first-order valence-corrected chi connectivity index (χ1v) is 10.4. The number of nitrogens with zero attached hydrogens (tertiary/aromatic N) is 2. The number of fused-ring (bicyclic) bond motifs is 3. The van der Waals surface area contributed by atoms with Crippen molar-refractivity contribution in [2.45, 2.75) is 38.8 Å². The first-order chi connectivity index (χ1) is 13.6. The maximum absolute atomic E-state index is 10.7. The van der Waals surface area contributed by atoms with Gasteiger partial charge in [0, 0.05) is 16.4 Å². The normalized spacial score (nSPS) is 13.5. The van der Waals surface area contributed by atoms with Gasteiger partial charge in [0.05, 0.1) is 5.39 Å². The number of nitrogens with one attached hydrogen (secondary N) is 1. The summed E-state index contributed by atoms with van der Waals surface area (Å²) in [5.74, 6) is 0.271. The SMILES string of the molecule is O=C(O)COCc1nc(NCc2ccc(Cl)cc2)c2c3c(sc2n1)CCCC3. The lowest BCUT2D eigenvalue weighted by Crippen LogP contribution is -2.10. The molecule has 6 nitrogen and oxygen atoms in total. The Bertz CT molecular complexity index is 1000. The van der Waals surface area contributed by atoms with Gasteiger partial charge in [-0.1, -0.05) is 23.7 Å². The highest BCUT2D eigenvalue weighted by molar-refractivity contribution is 7.19. The van der Waals surface area contributed by atoms with E-state index in [0.717, 1.165) is 34.4 Å². The zero-order valence-electron chi connectivity index (χ0n) is 15.2. The maximum atomic E-state index is 10.7. The van der Waals surface area contributed by atoms with Crippen molar-refractivity contribution >= 4 is 44.9 Å². The number of aromatic nitrogens is 2. The van der Waals surface area contributed by atoms with Crippen molar-refractivity contribution in [2.75, 3.05) is 11.9 Å². The van der Waals surface area contributed by atoms with Crippen LogP contribution in [0.2, 0.25) is 5.02 Å². The molecule has 0 amide bonds. The minimum Gasteiger partial charge on any atom is -0.480 e. The van der Waals surface area contributed by atoms with E-state index in [0.29, 0.717) is 17.4 Å². The molecule has 0 saturated heterocycles. The molecule has 28 heavy (non-hydrogen) atoms. The topological polar surface area (TPSA) is 84.3 Å². The van der Waals surface area contributed by atoms with Gasteiger partial charge >= 0.3 is 5.97 Å². The summed E-state index contributed by atoms with van der Waals surface area (Å²) in [5, 5.41) is 14.0. The molecule has 0 bridgehead atoms. The molecule has 1 aliphatic carbocycles. The van der Waals surface area contributed by atoms with E-state index in [1.165, 1.54) is 23.3 Å². The molecule has 1 aliphatic rings. The number of aryl methyl sites for hydroxylation is 2. The predicted molar refractivity (Wildman–Crippen MR) is 110 cm³/mol. The van der Waals surface area contributed by atoms with E-state index in [9.17, 15) is 4.79 Å². The number of carboxylic acids is 1. The third-order valence-corrected chi connectivity index (χ3v) is 6.13. The summed E-state index contributed by atoms with van der Waals surface area (Å²) in [6.45, 7) is 0.319. The number of carbonyl (C=O) groups is 1. The van der Waals surface area contributed by atoms with Crippen LogP contribution in [0.4, 0.5) is 5.82 Å². The zero-order valence-corrected chi connectivity index (χ0v) is 16.8. The van der Waals surface area contributed by atoms with Crippen molar-refractivity contribution in [3.63, 3.8) is 0 Å². The van der Waals surface area contributed by atoms with Crippen molar-refractivity contribution in [1.82, 2.24) is 9.97 Å². The highest BCUT2D eigenvalue weighted by Crippen LogP contribution is 2.38. The second-order valence-corrected chi connectivity index (χ2v) is 8.27. The number of rotatable bonds is 7. The molecule has 0 saturated carbocycles. The number of thiophene rings is 1. The lowest BCUT2D eigenvalue weighted by Gasteiger charge is -2.13. The van der Waals surface area contributed by atoms with Crippen LogP contribution < -0.4 is 5.32 Å². The molecule has 146 valence electrons. The van der Waals surface area contributed by atoms with Crippen molar-refractivity contribution in [2.24, 2.45) is 0 Å². The van der Waals surface area contributed by atoms with Crippen molar-refractivity contribution in [1.29, 1.82) is 0 Å². The van der Waals surface area contributed by atoms with Gasteiger partial charge in [0.1, 0.15) is 23.9 Å². The van der Waals surface area contributed by atoms with E-state index in [1.807, 2.05) is 24.3 Å². The van der Waals surface area contributed by atoms with Crippen LogP contribution >= 0.6 is 22.9 Å². The summed E-state index contributed by atoms with van der Waals surface area (Å²) in [7, 11) is 0. The van der Waals surface area contributed by atoms with Gasteiger partial charge in [-0.15, -0.1) is 11.3 Å². The van der Waals surface area contributed by atoms with Gasteiger partial charge in [0.25, 0.3) is 0 Å². The summed E-state index contributed by atoms with van der Waals surface area (Å²) in [5.41, 5.74) is 2.45. The fraction of sp³-hybridized carbons (Fsp3) is 0.350. The Morgan fingerprint density at radius 1 is 1.21 bits per heavy atom. The monoisotopic (exact) mass is 417 g/mol. The third-order valence-electron chi connectivity index (χ3n) is 4.69. The molecule has 2 aromatic heterocycles. The smallest absolute Gasteiger partial charge is 0.329 e. The molecule has 1 aromatic carbocycles. The van der Waals surface area contributed by atoms with Crippen molar-refractivity contribution in [3.8, 4) is 0 Å². The minimum absolute atomic E-state index is 0.0699. The quantitative estimate of drug-likeness (QED) is 0.591. The predicted octanol–water partition coefficient (Wildman–Crippen LogP) is 4.44. The Kier molecular flexibility index (Phi) is 5.75. The standard InChI is InChI=1S/C20H20ClN3O3S/c21-13-7-5-12(6-8-13)9-22-19-18-14-3-1-2-4-15(14)28-20(18)24-16(23-19)10-27-11-17(25)26/h5-8H,1-4,9-11H2,(H,25,26)(H,22,23,24). The number of carboxylic acid groups (broad SMARTS) is 1.